The molecule has 6 nitrogen and oxygen atoms in total. The summed E-state index contributed by atoms with van der Waals surface area (Å²) in [6.45, 7) is 4.01. The Bertz CT molecular complexity index is 1010. The zero-order valence-corrected chi connectivity index (χ0v) is 15.2. The average molecular weight is 363 g/mol. The molecule has 2 heterocycles. The predicted octanol–water partition coefficient (Wildman–Crippen LogP) is 2.94. The molecule has 6 heteroatoms. The number of nitrogens with zero attached hydrogens (tertiary/aromatic N) is 2. The van der Waals surface area contributed by atoms with Gasteiger partial charge < -0.3 is 15.1 Å². The summed E-state index contributed by atoms with van der Waals surface area (Å²) in [6.07, 6.45) is 0. The topological polar surface area (TPSA) is 89.5 Å². The van der Waals surface area contributed by atoms with Gasteiger partial charge in [-0.1, -0.05) is 30.3 Å². The number of amides is 1. The minimum absolute atomic E-state index is 0.128. The summed E-state index contributed by atoms with van der Waals surface area (Å²) in [7, 11) is 0. The SMILES string of the molecule is Cc1cc(O)c(-c2n[nH]c3c2[C@@H](c2ccccc2)N(CCO)C3=O)cc1C. The third-order valence-electron chi connectivity index (χ3n) is 5.19. The number of nitrogens with one attached hydrogen (secondary N) is 1. The highest BCUT2D eigenvalue weighted by Crippen LogP contribution is 2.44. The summed E-state index contributed by atoms with van der Waals surface area (Å²) in [5.74, 6) is -0.0674. The number of benzene rings is 2. The quantitative estimate of drug-likeness (QED) is 0.665. The predicted molar refractivity (Wildman–Crippen MR) is 102 cm³/mol. The molecule has 1 atom stereocenters. The van der Waals surface area contributed by atoms with Crippen LogP contribution in [0.3, 0.4) is 0 Å². The number of H-pyrrole nitrogens is 1. The van der Waals surface area contributed by atoms with Gasteiger partial charge in [-0.2, -0.15) is 5.10 Å². The van der Waals surface area contributed by atoms with Crippen LogP contribution in [0.5, 0.6) is 5.75 Å². The van der Waals surface area contributed by atoms with Crippen LogP contribution in [-0.2, 0) is 0 Å². The Morgan fingerprint density at radius 1 is 1.15 bits per heavy atom. The van der Waals surface area contributed by atoms with E-state index in [0.717, 1.165) is 22.3 Å². The highest BCUT2D eigenvalue weighted by Gasteiger charge is 2.42. The second-order valence-corrected chi connectivity index (χ2v) is 6.85. The second-order valence-electron chi connectivity index (χ2n) is 6.85. The van der Waals surface area contributed by atoms with Gasteiger partial charge >= 0.3 is 0 Å². The number of rotatable bonds is 4. The number of aliphatic hydroxyl groups excluding tert-OH is 1. The highest BCUT2D eigenvalue weighted by molar-refractivity contribution is 6.00. The lowest BCUT2D eigenvalue weighted by atomic mass is 9.94. The first kappa shape index (κ1) is 17.3. The molecule has 138 valence electrons. The molecule has 0 saturated carbocycles. The number of hydrogen-bond acceptors (Lipinski definition) is 4. The van der Waals surface area contributed by atoms with Crippen molar-refractivity contribution in [2.75, 3.05) is 13.2 Å². The third kappa shape index (κ3) is 2.69. The highest BCUT2D eigenvalue weighted by atomic mass is 16.3. The number of aromatic amines is 1. The van der Waals surface area contributed by atoms with Crippen molar-refractivity contribution in [2.45, 2.75) is 19.9 Å². The fraction of sp³-hybridized carbons (Fsp3) is 0.238. The third-order valence-corrected chi connectivity index (χ3v) is 5.19. The average Bonchev–Trinajstić information content (AvgIpc) is 3.19. The number of hydrogen-bond donors (Lipinski definition) is 3. The normalized spacial score (nSPS) is 16.0. The molecule has 0 radical (unpaired) electrons. The number of aliphatic hydroxyl groups is 1. The Kier molecular flexibility index (Phi) is 4.20. The van der Waals surface area contributed by atoms with Crippen molar-refractivity contribution in [1.82, 2.24) is 15.1 Å². The summed E-state index contributed by atoms with van der Waals surface area (Å²) in [5, 5.41) is 27.2. The van der Waals surface area contributed by atoms with Gasteiger partial charge in [-0.05, 0) is 42.7 Å². The maximum atomic E-state index is 12.9. The number of carbonyl (C=O) groups is 1. The molecule has 27 heavy (non-hydrogen) atoms. The number of phenolic OH excluding ortho intramolecular Hbond substituents is 1. The van der Waals surface area contributed by atoms with Gasteiger partial charge in [0.05, 0.1) is 12.6 Å². The molecule has 0 bridgehead atoms. The molecule has 1 amide bonds. The maximum Gasteiger partial charge on any atom is 0.273 e. The van der Waals surface area contributed by atoms with Crippen molar-refractivity contribution in [2.24, 2.45) is 0 Å². The van der Waals surface area contributed by atoms with Crippen LogP contribution in [0.1, 0.15) is 38.8 Å². The van der Waals surface area contributed by atoms with Crippen LogP contribution in [0.15, 0.2) is 42.5 Å². The van der Waals surface area contributed by atoms with E-state index in [1.807, 2.05) is 50.2 Å². The fourth-order valence-electron chi connectivity index (χ4n) is 3.71. The summed E-state index contributed by atoms with van der Waals surface area (Å²) in [6, 6.07) is 12.9. The summed E-state index contributed by atoms with van der Waals surface area (Å²) < 4.78 is 0. The first-order chi connectivity index (χ1) is 13.0. The fourth-order valence-corrected chi connectivity index (χ4v) is 3.71. The van der Waals surface area contributed by atoms with Crippen molar-refractivity contribution in [3.8, 4) is 17.0 Å². The van der Waals surface area contributed by atoms with Crippen LogP contribution in [0.25, 0.3) is 11.3 Å². The molecule has 0 saturated heterocycles. The van der Waals surface area contributed by atoms with Gasteiger partial charge in [0.1, 0.15) is 17.1 Å². The van der Waals surface area contributed by atoms with E-state index < -0.39 is 0 Å². The minimum atomic E-state index is -0.365. The van der Waals surface area contributed by atoms with Gasteiger partial charge in [-0.3, -0.25) is 9.89 Å². The van der Waals surface area contributed by atoms with Crippen LogP contribution < -0.4 is 0 Å². The van der Waals surface area contributed by atoms with Crippen LogP contribution in [0.2, 0.25) is 0 Å². The molecule has 3 aromatic rings. The molecule has 1 aliphatic heterocycles. The lowest BCUT2D eigenvalue weighted by molar-refractivity contribution is 0.0706. The summed E-state index contributed by atoms with van der Waals surface area (Å²) >= 11 is 0. The Labute approximate surface area is 157 Å². The van der Waals surface area contributed by atoms with Crippen molar-refractivity contribution in [3.05, 3.63) is 70.4 Å². The summed E-state index contributed by atoms with van der Waals surface area (Å²) in [4.78, 5) is 14.5. The van der Waals surface area contributed by atoms with Gasteiger partial charge in [0, 0.05) is 17.7 Å². The van der Waals surface area contributed by atoms with Crippen molar-refractivity contribution >= 4 is 5.91 Å². The lowest BCUT2D eigenvalue weighted by Crippen LogP contribution is -2.32. The van der Waals surface area contributed by atoms with Gasteiger partial charge in [-0.25, -0.2) is 0 Å². The number of β-amino-alcohol motifs (C(OH)–C–C–N with tert-alkyl or cyclic N) is 1. The Hall–Kier alpha value is -3.12. The number of carbonyl (C=O) groups excluding carboxylic acids is 1. The molecule has 0 aliphatic carbocycles. The molecular formula is C21H21N3O3. The van der Waals surface area contributed by atoms with Crippen molar-refractivity contribution < 1.29 is 15.0 Å². The van der Waals surface area contributed by atoms with Gasteiger partial charge in [-0.15, -0.1) is 0 Å². The van der Waals surface area contributed by atoms with Crippen LogP contribution in [0.4, 0.5) is 0 Å². The lowest BCUT2D eigenvalue weighted by Gasteiger charge is -2.25. The van der Waals surface area contributed by atoms with E-state index in [-0.39, 0.29) is 30.9 Å². The number of aryl methyl sites for hydroxylation is 2. The summed E-state index contributed by atoms with van der Waals surface area (Å²) in [5.41, 5.74) is 5.25. The van der Waals surface area contributed by atoms with E-state index >= 15 is 0 Å². The standard InChI is InChI=1S/C21H21N3O3/c1-12-10-15(16(26)11-13(12)2)18-17-19(23-22-18)21(27)24(8-9-25)20(17)14-6-4-3-5-7-14/h3-7,10-11,20,25-26H,8-9H2,1-2H3,(H,22,23)/t20-/m1/s1. The van der Waals surface area contributed by atoms with Crippen molar-refractivity contribution in [3.63, 3.8) is 0 Å². The van der Waals surface area contributed by atoms with Gasteiger partial charge in [0.25, 0.3) is 5.91 Å². The monoisotopic (exact) mass is 363 g/mol. The smallest absolute Gasteiger partial charge is 0.273 e. The molecular weight excluding hydrogens is 342 g/mol. The van der Waals surface area contributed by atoms with Crippen LogP contribution in [0, 0.1) is 13.8 Å². The molecule has 0 unspecified atom stereocenters. The van der Waals surface area contributed by atoms with Crippen LogP contribution >= 0.6 is 0 Å². The largest absolute Gasteiger partial charge is 0.507 e. The van der Waals surface area contributed by atoms with E-state index in [0.29, 0.717) is 17.0 Å². The molecule has 1 aromatic heterocycles. The number of aromatic nitrogens is 2. The van der Waals surface area contributed by atoms with E-state index in [2.05, 4.69) is 10.2 Å². The number of phenols is 1. The Morgan fingerprint density at radius 2 is 1.85 bits per heavy atom. The molecule has 4 rings (SSSR count). The van der Waals surface area contributed by atoms with Crippen molar-refractivity contribution in [1.29, 1.82) is 0 Å². The molecule has 1 aliphatic rings. The maximum absolute atomic E-state index is 12.9. The van der Waals surface area contributed by atoms with Gasteiger partial charge in [0.15, 0.2) is 0 Å². The number of fused-ring (bicyclic) bond motifs is 1. The molecule has 0 fully saturated rings. The molecule has 0 spiro atoms. The zero-order valence-electron chi connectivity index (χ0n) is 15.2. The van der Waals surface area contributed by atoms with E-state index in [1.54, 1.807) is 11.0 Å². The van der Waals surface area contributed by atoms with Gasteiger partial charge in [0.2, 0.25) is 0 Å². The minimum Gasteiger partial charge on any atom is -0.507 e. The first-order valence-electron chi connectivity index (χ1n) is 8.88. The second kappa shape index (κ2) is 6.55. The number of aromatic hydroxyl groups is 1. The van der Waals surface area contributed by atoms with E-state index in [9.17, 15) is 15.0 Å². The van der Waals surface area contributed by atoms with E-state index in [1.165, 1.54) is 0 Å². The van der Waals surface area contributed by atoms with Crippen LogP contribution in [-0.4, -0.2) is 44.4 Å². The zero-order chi connectivity index (χ0) is 19.1. The molecule has 2 aromatic carbocycles. The Morgan fingerprint density at radius 3 is 2.56 bits per heavy atom. The van der Waals surface area contributed by atoms with E-state index in [4.69, 9.17) is 0 Å². The first-order valence-corrected chi connectivity index (χ1v) is 8.88. The Balaban J connectivity index is 1.93. The molecule has 3 N–H and O–H groups in total.